The first-order valence-corrected chi connectivity index (χ1v) is 5.34. The second kappa shape index (κ2) is 5.98. The van der Waals surface area contributed by atoms with E-state index in [-0.39, 0.29) is 12.0 Å². The molecule has 0 aromatic carbocycles. The van der Waals surface area contributed by atoms with Crippen molar-refractivity contribution in [3.63, 3.8) is 0 Å². The van der Waals surface area contributed by atoms with Crippen LogP contribution in [0.1, 0.15) is 26.7 Å². The molecule has 4 nitrogen and oxygen atoms in total. The molecule has 82 valence electrons. The van der Waals surface area contributed by atoms with E-state index in [1.54, 1.807) is 0 Å². The van der Waals surface area contributed by atoms with E-state index in [4.69, 9.17) is 4.74 Å². The van der Waals surface area contributed by atoms with Crippen molar-refractivity contribution < 1.29 is 9.53 Å². The summed E-state index contributed by atoms with van der Waals surface area (Å²) < 4.78 is 5.32. The van der Waals surface area contributed by atoms with E-state index in [2.05, 4.69) is 10.6 Å². The normalized spacial score (nSPS) is 17.9. The van der Waals surface area contributed by atoms with Crippen LogP contribution < -0.4 is 10.6 Å². The van der Waals surface area contributed by atoms with Crippen LogP contribution in [0.4, 0.5) is 0 Å². The van der Waals surface area contributed by atoms with Gasteiger partial charge in [0.1, 0.15) is 0 Å². The smallest absolute Gasteiger partial charge is 0.234 e. The summed E-state index contributed by atoms with van der Waals surface area (Å²) in [7, 11) is 0. The first-order valence-electron chi connectivity index (χ1n) is 5.34. The van der Waals surface area contributed by atoms with E-state index in [1.165, 1.54) is 0 Å². The van der Waals surface area contributed by atoms with Gasteiger partial charge in [-0.15, -0.1) is 0 Å². The lowest BCUT2D eigenvalue weighted by molar-refractivity contribution is -0.120. The van der Waals surface area contributed by atoms with E-state index in [0.29, 0.717) is 12.6 Å². The maximum Gasteiger partial charge on any atom is 0.234 e. The Balaban J connectivity index is 1.93. The molecule has 1 aliphatic carbocycles. The molecule has 1 unspecified atom stereocenters. The Kier molecular flexibility index (Phi) is 4.90. The third-order valence-corrected chi connectivity index (χ3v) is 2.11. The molecule has 1 amide bonds. The highest BCUT2D eigenvalue weighted by Crippen LogP contribution is 2.18. The Morgan fingerprint density at radius 2 is 2.29 bits per heavy atom. The summed E-state index contributed by atoms with van der Waals surface area (Å²) in [5, 5.41) is 5.98. The van der Waals surface area contributed by atoms with E-state index in [0.717, 1.165) is 26.0 Å². The minimum atomic E-state index is 0.0937. The number of hydrogen-bond acceptors (Lipinski definition) is 3. The van der Waals surface area contributed by atoms with Crippen molar-refractivity contribution in [2.75, 3.05) is 19.7 Å². The van der Waals surface area contributed by atoms with E-state index >= 15 is 0 Å². The first-order chi connectivity index (χ1) is 6.72. The Bertz CT molecular complexity index is 181. The number of carbonyl (C=O) groups excluding carboxylic acids is 1. The molecule has 0 bridgehead atoms. The standard InChI is InChI=1S/C10H20N2O2/c1-3-14-8(2)6-11-7-10(13)12-9-4-5-9/h8-9,11H,3-7H2,1-2H3,(H,12,13). The van der Waals surface area contributed by atoms with Gasteiger partial charge < -0.3 is 15.4 Å². The van der Waals surface area contributed by atoms with Crippen LogP contribution in [-0.4, -0.2) is 37.7 Å². The van der Waals surface area contributed by atoms with Crippen LogP contribution in [0.25, 0.3) is 0 Å². The molecular weight excluding hydrogens is 180 g/mol. The van der Waals surface area contributed by atoms with E-state index < -0.39 is 0 Å². The summed E-state index contributed by atoms with van der Waals surface area (Å²) >= 11 is 0. The minimum absolute atomic E-state index is 0.0937. The molecule has 0 radical (unpaired) electrons. The molecule has 14 heavy (non-hydrogen) atoms. The lowest BCUT2D eigenvalue weighted by atomic mass is 10.4. The van der Waals surface area contributed by atoms with Gasteiger partial charge in [0.05, 0.1) is 12.6 Å². The Morgan fingerprint density at radius 3 is 2.86 bits per heavy atom. The van der Waals surface area contributed by atoms with Gasteiger partial charge in [-0.2, -0.15) is 0 Å². The highest BCUT2D eigenvalue weighted by Gasteiger charge is 2.22. The van der Waals surface area contributed by atoms with Gasteiger partial charge in [0, 0.05) is 19.2 Å². The Hall–Kier alpha value is -0.610. The van der Waals surface area contributed by atoms with Crippen LogP contribution in [0.3, 0.4) is 0 Å². The predicted octanol–water partition coefficient (Wildman–Crippen LogP) is 0.280. The lowest BCUT2D eigenvalue weighted by Crippen LogP contribution is -2.38. The van der Waals surface area contributed by atoms with Gasteiger partial charge in [0.25, 0.3) is 0 Å². The summed E-state index contributed by atoms with van der Waals surface area (Å²) in [6, 6.07) is 0.452. The SMILES string of the molecule is CCOC(C)CNCC(=O)NC1CC1. The molecular formula is C10H20N2O2. The summed E-state index contributed by atoms with van der Waals surface area (Å²) in [5.41, 5.74) is 0. The molecule has 4 heteroatoms. The predicted molar refractivity (Wildman–Crippen MR) is 55.1 cm³/mol. The molecule has 0 aromatic heterocycles. The molecule has 1 rings (SSSR count). The van der Waals surface area contributed by atoms with Crippen molar-refractivity contribution in [2.24, 2.45) is 0 Å². The number of carbonyl (C=O) groups is 1. The van der Waals surface area contributed by atoms with E-state index in [1.807, 2.05) is 13.8 Å². The van der Waals surface area contributed by atoms with E-state index in [9.17, 15) is 4.79 Å². The zero-order chi connectivity index (χ0) is 10.4. The maximum absolute atomic E-state index is 11.2. The van der Waals surface area contributed by atoms with Crippen molar-refractivity contribution in [1.82, 2.24) is 10.6 Å². The quantitative estimate of drug-likeness (QED) is 0.620. The molecule has 0 heterocycles. The zero-order valence-electron chi connectivity index (χ0n) is 9.01. The van der Waals surface area contributed by atoms with Crippen molar-refractivity contribution in [1.29, 1.82) is 0 Å². The minimum Gasteiger partial charge on any atom is -0.377 e. The molecule has 0 saturated heterocycles. The van der Waals surface area contributed by atoms with Crippen molar-refractivity contribution in [2.45, 2.75) is 38.8 Å². The lowest BCUT2D eigenvalue weighted by Gasteiger charge is -2.12. The summed E-state index contributed by atoms with van der Waals surface area (Å²) in [5.74, 6) is 0.0937. The number of amides is 1. The molecule has 0 aromatic rings. The van der Waals surface area contributed by atoms with Crippen LogP contribution in [0, 0.1) is 0 Å². The van der Waals surface area contributed by atoms with Crippen molar-refractivity contribution >= 4 is 5.91 Å². The molecule has 1 fully saturated rings. The summed E-state index contributed by atoms with van der Waals surface area (Å²) in [6.45, 7) is 5.81. The highest BCUT2D eigenvalue weighted by molar-refractivity contribution is 5.78. The first kappa shape index (κ1) is 11.5. The molecule has 0 spiro atoms. The Labute approximate surface area is 85.4 Å². The van der Waals surface area contributed by atoms with Crippen LogP contribution >= 0.6 is 0 Å². The zero-order valence-corrected chi connectivity index (χ0v) is 9.01. The second-order valence-electron chi connectivity index (χ2n) is 3.74. The summed E-state index contributed by atoms with van der Waals surface area (Å²) in [4.78, 5) is 11.2. The average Bonchev–Trinajstić information content (AvgIpc) is 2.88. The van der Waals surface area contributed by atoms with Gasteiger partial charge in [-0.25, -0.2) is 0 Å². The molecule has 0 aliphatic heterocycles. The number of rotatable bonds is 7. The number of ether oxygens (including phenoxy) is 1. The molecule has 1 saturated carbocycles. The number of hydrogen-bond donors (Lipinski definition) is 2. The average molecular weight is 200 g/mol. The largest absolute Gasteiger partial charge is 0.377 e. The highest BCUT2D eigenvalue weighted by atomic mass is 16.5. The fourth-order valence-electron chi connectivity index (χ4n) is 1.24. The van der Waals surface area contributed by atoms with Crippen LogP contribution in [0.5, 0.6) is 0 Å². The van der Waals surface area contributed by atoms with Crippen LogP contribution in [0.2, 0.25) is 0 Å². The van der Waals surface area contributed by atoms with Gasteiger partial charge in [-0.05, 0) is 26.7 Å². The van der Waals surface area contributed by atoms with Crippen molar-refractivity contribution in [3.05, 3.63) is 0 Å². The topological polar surface area (TPSA) is 50.4 Å². The number of nitrogens with one attached hydrogen (secondary N) is 2. The third kappa shape index (κ3) is 5.19. The second-order valence-corrected chi connectivity index (χ2v) is 3.74. The fraction of sp³-hybridized carbons (Fsp3) is 0.900. The monoisotopic (exact) mass is 200 g/mol. The molecule has 1 aliphatic rings. The van der Waals surface area contributed by atoms with Gasteiger partial charge in [-0.3, -0.25) is 4.79 Å². The van der Waals surface area contributed by atoms with Crippen LogP contribution in [0.15, 0.2) is 0 Å². The summed E-state index contributed by atoms with van der Waals surface area (Å²) in [6.07, 6.45) is 2.45. The fourth-order valence-corrected chi connectivity index (χ4v) is 1.24. The van der Waals surface area contributed by atoms with Gasteiger partial charge in [0.2, 0.25) is 5.91 Å². The Morgan fingerprint density at radius 1 is 1.57 bits per heavy atom. The van der Waals surface area contributed by atoms with Gasteiger partial charge in [0.15, 0.2) is 0 Å². The maximum atomic E-state index is 11.2. The molecule has 2 N–H and O–H groups in total. The van der Waals surface area contributed by atoms with Crippen molar-refractivity contribution in [3.8, 4) is 0 Å². The van der Waals surface area contributed by atoms with Crippen LogP contribution in [-0.2, 0) is 9.53 Å². The van der Waals surface area contributed by atoms with Gasteiger partial charge in [-0.1, -0.05) is 0 Å². The molecule has 1 atom stereocenters. The van der Waals surface area contributed by atoms with Gasteiger partial charge >= 0.3 is 0 Å². The third-order valence-electron chi connectivity index (χ3n) is 2.11.